The van der Waals surface area contributed by atoms with Crippen molar-refractivity contribution in [1.29, 1.82) is 0 Å². The number of aryl methyl sites for hydroxylation is 1. The summed E-state index contributed by atoms with van der Waals surface area (Å²) in [4.78, 5) is 21.9. The van der Waals surface area contributed by atoms with Gasteiger partial charge < -0.3 is 5.11 Å². The quantitative estimate of drug-likeness (QED) is 0.787. The third kappa shape index (κ3) is 2.41. The Balaban J connectivity index is 1.87. The van der Waals surface area contributed by atoms with E-state index in [1.807, 2.05) is 43.3 Å². The highest BCUT2D eigenvalue weighted by Crippen LogP contribution is 2.30. The van der Waals surface area contributed by atoms with Gasteiger partial charge in [0.15, 0.2) is 0 Å². The molecule has 1 aliphatic heterocycles. The van der Waals surface area contributed by atoms with Crippen molar-refractivity contribution in [3.05, 3.63) is 58.8 Å². The monoisotopic (exact) mass is 321 g/mol. The smallest absolute Gasteiger partial charge is 0.261 e. The van der Waals surface area contributed by atoms with Gasteiger partial charge >= 0.3 is 0 Å². The minimum atomic E-state index is -0.250. The molecule has 1 aliphatic rings. The summed E-state index contributed by atoms with van der Waals surface area (Å²) in [7, 11) is 0. The van der Waals surface area contributed by atoms with Crippen LogP contribution < -0.4 is 5.56 Å². The number of nitrogens with zero attached hydrogens (tertiary/aromatic N) is 3. The Morgan fingerprint density at radius 1 is 1.29 bits per heavy atom. The van der Waals surface area contributed by atoms with Crippen LogP contribution in [0.4, 0.5) is 0 Å². The van der Waals surface area contributed by atoms with Crippen molar-refractivity contribution in [3.8, 4) is 11.3 Å². The van der Waals surface area contributed by atoms with E-state index in [4.69, 9.17) is 4.98 Å². The second kappa shape index (κ2) is 5.53. The van der Waals surface area contributed by atoms with Gasteiger partial charge in [-0.1, -0.05) is 19.1 Å². The Hall–Kier alpha value is -2.53. The van der Waals surface area contributed by atoms with E-state index in [1.165, 1.54) is 0 Å². The number of hydrogen-bond donors (Lipinski definition) is 1. The standard InChI is InChI=1S/C19H19N3O2/c1-19(12-23)8-7-17-21-16-10-13(15-4-2-3-9-20-15)5-6-14(16)18(24)22(17)11-19/h2-6,9-10,23H,7-8,11-12H2,1H3. The number of hydrogen-bond acceptors (Lipinski definition) is 4. The number of benzene rings is 1. The lowest BCUT2D eigenvalue weighted by atomic mass is 9.83. The maximum atomic E-state index is 12.9. The van der Waals surface area contributed by atoms with Crippen LogP contribution in [0.2, 0.25) is 0 Å². The summed E-state index contributed by atoms with van der Waals surface area (Å²) in [5, 5.41) is 10.2. The summed E-state index contributed by atoms with van der Waals surface area (Å²) in [6.07, 6.45) is 3.29. The maximum absolute atomic E-state index is 12.9. The third-order valence-corrected chi connectivity index (χ3v) is 4.87. The molecule has 3 aromatic rings. The number of aliphatic hydroxyl groups excluding tert-OH is 1. The van der Waals surface area contributed by atoms with E-state index in [0.717, 1.165) is 23.5 Å². The average molecular weight is 321 g/mol. The van der Waals surface area contributed by atoms with Crippen LogP contribution in [0.5, 0.6) is 0 Å². The van der Waals surface area contributed by atoms with Gasteiger partial charge in [0, 0.05) is 30.1 Å². The lowest BCUT2D eigenvalue weighted by Gasteiger charge is -2.33. The Labute approximate surface area is 139 Å². The zero-order chi connectivity index (χ0) is 16.7. The SMILES string of the molecule is CC1(CO)CCc2nc3cc(-c4ccccn4)ccc3c(=O)n2C1. The predicted octanol–water partition coefficient (Wildman–Crippen LogP) is 2.40. The Morgan fingerprint density at radius 3 is 2.92 bits per heavy atom. The summed E-state index contributed by atoms with van der Waals surface area (Å²) in [6.45, 7) is 2.61. The molecule has 3 heterocycles. The molecular formula is C19H19N3O2. The number of fused-ring (bicyclic) bond motifs is 2. The molecule has 1 aromatic carbocycles. The van der Waals surface area contributed by atoms with Crippen molar-refractivity contribution < 1.29 is 5.11 Å². The van der Waals surface area contributed by atoms with Gasteiger partial charge in [-0.05, 0) is 30.7 Å². The Morgan fingerprint density at radius 2 is 2.17 bits per heavy atom. The van der Waals surface area contributed by atoms with E-state index < -0.39 is 0 Å². The summed E-state index contributed by atoms with van der Waals surface area (Å²) in [6, 6.07) is 11.4. The van der Waals surface area contributed by atoms with Crippen LogP contribution in [0.25, 0.3) is 22.2 Å². The van der Waals surface area contributed by atoms with Crippen LogP contribution in [-0.2, 0) is 13.0 Å². The van der Waals surface area contributed by atoms with Gasteiger partial charge in [-0.3, -0.25) is 14.3 Å². The van der Waals surface area contributed by atoms with Crippen LogP contribution >= 0.6 is 0 Å². The first-order valence-corrected chi connectivity index (χ1v) is 8.15. The molecule has 0 bridgehead atoms. The summed E-state index contributed by atoms with van der Waals surface area (Å²) in [5.41, 5.74) is 2.26. The molecule has 0 saturated carbocycles. The molecule has 0 saturated heterocycles. The molecule has 0 fully saturated rings. The lowest BCUT2D eigenvalue weighted by Crippen LogP contribution is -2.39. The summed E-state index contributed by atoms with van der Waals surface area (Å²) >= 11 is 0. The van der Waals surface area contributed by atoms with Crippen LogP contribution in [0.15, 0.2) is 47.4 Å². The summed E-state index contributed by atoms with van der Waals surface area (Å²) in [5.74, 6) is 0.802. The predicted molar refractivity (Wildman–Crippen MR) is 92.7 cm³/mol. The maximum Gasteiger partial charge on any atom is 0.261 e. The van der Waals surface area contributed by atoms with Crippen LogP contribution in [0.1, 0.15) is 19.2 Å². The van der Waals surface area contributed by atoms with Gasteiger partial charge in [-0.15, -0.1) is 0 Å². The van der Waals surface area contributed by atoms with Crippen molar-refractivity contribution in [2.45, 2.75) is 26.3 Å². The highest BCUT2D eigenvalue weighted by molar-refractivity contribution is 5.83. The van der Waals surface area contributed by atoms with Crippen molar-refractivity contribution in [1.82, 2.24) is 14.5 Å². The van der Waals surface area contributed by atoms with Crippen molar-refractivity contribution in [2.75, 3.05) is 6.61 Å². The largest absolute Gasteiger partial charge is 0.396 e. The third-order valence-electron chi connectivity index (χ3n) is 4.87. The molecule has 4 rings (SSSR count). The van der Waals surface area contributed by atoms with E-state index in [0.29, 0.717) is 23.9 Å². The topological polar surface area (TPSA) is 68.0 Å². The minimum Gasteiger partial charge on any atom is -0.396 e. The molecule has 1 atom stereocenters. The van der Waals surface area contributed by atoms with Gasteiger partial charge in [0.2, 0.25) is 0 Å². The van der Waals surface area contributed by atoms with Crippen LogP contribution in [0, 0.1) is 5.41 Å². The first kappa shape index (κ1) is 15.0. The molecule has 122 valence electrons. The minimum absolute atomic E-state index is 0.0260. The molecule has 24 heavy (non-hydrogen) atoms. The normalized spacial score (nSPS) is 20.1. The molecule has 1 N–H and O–H groups in total. The molecule has 5 nitrogen and oxygen atoms in total. The molecule has 2 aromatic heterocycles. The van der Waals surface area contributed by atoms with Gasteiger partial charge in [-0.2, -0.15) is 0 Å². The van der Waals surface area contributed by atoms with Crippen LogP contribution in [0.3, 0.4) is 0 Å². The molecule has 0 aliphatic carbocycles. The van der Waals surface area contributed by atoms with Gasteiger partial charge in [-0.25, -0.2) is 4.98 Å². The van der Waals surface area contributed by atoms with E-state index in [2.05, 4.69) is 4.98 Å². The zero-order valence-corrected chi connectivity index (χ0v) is 13.6. The zero-order valence-electron chi connectivity index (χ0n) is 13.6. The Bertz CT molecular complexity index is 966. The number of pyridine rings is 1. The van der Waals surface area contributed by atoms with E-state index in [1.54, 1.807) is 10.8 Å². The van der Waals surface area contributed by atoms with E-state index in [-0.39, 0.29) is 17.6 Å². The molecule has 1 unspecified atom stereocenters. The number of aromatic nitrogens is 3. The molecule has 0 spiro atoms. The Kier molecular flexibility index (Phi) is 3.46. The number of rotatable bonds is 2. The molecule has 0 radical (unpaired) electrons. The highest BCUT2D eigenvalue weighted by Gasteiger charge is 2.31. The molecular weight excluding hydrogens is 302 g/mol. The fraction of sp³-hybridized carbons (Fsp3) is 0.316. The van der Waals surface area contributed by atoms with Crippen molar-refractivity contribution in [3.63, 3.8) is 0 Å². The fourth-order valence-corrected chi connectivity index (χ4v) is 3.32. The molecule has 0 amide bonds. The van der Waals surface area contributed by atoms with E-state index >= 15 is 0 Å². The van der Waals surface area contributed by atoms with Gasteiger partial charge in [0.05, 0.1) is 23.2 Å². The lowest BCUT2D eigenvalue weighted by molar-refractivity contribution is 0.0980. The van der Waals surface area contributed by atoms with Gasteiger partial charge in [0.25, 0.3) is 5.56 Å². The highest BCUT2D eigenvalue weighted by atomic mass is 16.3. The second-order valence-electron chi connectivity index (χ2n) is 6.84. The average Bonchev–Trinajstić information content (AvgIpc) is 2.63. The second-order valence-corrected chi connectivity index (χ2v) is 6.84. The summed E-state index contributed by atoms with van der Waals surface area (Å²) < 4.78 is 1.72. The van der Waals surface area contributed by atoms with Crippen molar-refractivity contribution in [2.24, 2.45) is 5.41 Å². The molecule has 5 heteroatoms. The fourth-order valence-electron chi connectivity index (χ4n) is 3.32. The van der Waals surface area contributed by atoms with Crippen molar-refractivity contribution >= 4 is 10.9 Å². The van der Waals surface area contributed by atoms with Crippen LogP contribution in [-0.4, -0.2) is 26.2 Å². The number of aliphatic hydroxyl groups is 1. The first-order valence-electron chi connectivity index (χ1n) is 8.15. The first-order chi connectivity index (χ1) is 11.6. The van der Waals surface area contributed by atoms with Gasteiger partial charge in [0.1, 0.15) is 5.82 Å². The van der Waals surface area contributed by atoms with E-state index in [9.17, 15) is 9.90 Å².